The largest absolute Gasteiger partial charge is 0.309 e. The topological polar surface area (TPSA) is 44.1 Å². The molecule has 0 aliphatic carbocycles. The number of hydrogen-bond acceptors (Lipinski definition) is 2. The van der Waals surface area contributed by atoms with Crippen molar-refractivity contribution in [1.82, 2.24) is 0 Å². The molecule has 21 heavy (non-hydrogen) atoms. The maximum absolute atomic E-state index is 14.0. The predicted molar refractivity (Wildman–Crippen MR) is 82.3 cm³/mol. The van der Waals surface area contributed by atoms with E-state index in [2.05, 4.69) is 6.07 Å². The van der Waals surface area contributed by atoms with Crippen LogP contribution < -0.4 is 4.90 Å². The Kier molecular flexibility index (Phi) is 6.36. The van der Waals surface area contributed by atoms with Gasteiger partial charge >= 0.3 is 0 Å². The first-order valence-electron chi connectivity index (χ1n) is 7.54. The lowest BCUT2D eigenvalue weighted by atomic mass is 9.79. The highest BCUT2D eigenvalue weighted by Gasteiger charge is 2.40. The molecule has 3 nitrogen and oxygen atoms in total. The van der Waals surface area contributed by atoms with Crippen LogP contribution in [0.2, 0.25) is 0 Å². The smallest absolute Gasteiger partial charge is 0.247 e. The average molecular weight is 290 g/mol. The average Bonchev–Trinajstić information content (AvgIpc) is 2.49. The highest BCUT2D eigenvalue weighted by atomic mass is 19.1. The van der Waals surface area contributed by atoms with Gasteiger partial charge in [0.15, 0.2) is 0 Å². The second kappa shape index (κ2) is 7.78. The molecule has 0 unspecified atom stereocenters. The number of benzene rings is 1. The molecule has 0 spiro atoms. The lowest BCUT2D eigenvalue weighted by Crippen LogP contribution is -2.44. The SMILES string of the molecule is CCCC(C#N)(CCC)C(=O)N(CC)c1ccccc1F. The molecule has 0 heterocycles. The number of carbonyl (C=O) groups is 1. The van der Waals surface area contributed by atoms with Gasteiger partial charge in [-0.15, -0.1) is 0 Å². The van der Waals surface area contributed by atoms with Crippen LogP contribution in [0, 0.1) is 22.6 Å². The van der Waals surface area contributed by atoms with E-state index in [1.807, 2.05) is 13.8 Å². The highest BCUT2D eigenvalue weighted by Crippen LogP contribution is 2.34. The fourth-order valence-electron chi connectivity index (χ4n) is 2.70. The van der Waals surface area contributed by atoms with Crippen LogP contribution in [0.1, 0.15) is 46.5 Å². The first-order valence-corrected chi connectivity index (χ1v) is 7.54. The number of amides is 1. The Bertz CT molecular complexity index is 516. The molecule has 0 aliphatic rings. The third-order valence-corrected chi connectivity index (χ3v) is 3.68. The number of carbonyl (C=O) groups excluding carboxylic acids is 1. The van der Waals surface area contributed by atoms with Crippen molar-refractivity contribution in [3.05, 3.63) is 30.1 Å². The Morgan fingerprint density at radius 3 is 2.24 bits per heavy atom. The number of halogens is 1. The lowest BCUT2D eigenvalue weighted by molar-refractivity contribution is -0.126. The van der Waals surface area contributed by atoms with E-state index in [9.17, 15) is 14.4 Å². The van der Waals surface area contributed by atoms with Gasteiger partial charge in [0, 0.05) is 6.54 Å². The van der Waals surface area contributed by atoms with Gasteiger partial charge < -0.3 is 4.90 Å². The summed E-state index contributed by atoms with van der Waals surface area (Å²) >= 11 is 0. The third-order valence-electron chi connectivity index (χ3n) is 3.68. The van der Waals surface area contributed by atoms with Crippen molar-refractivity contribution in [1.29, 1.82) is 5.26 Å². The van der Waals surface area contributed by atoms with Crippen molar-refractivity contribution in [2.45, 2.75) is 46.5 Å². The summed E-state index contributed by atoms with van der Waals surface area (Å²) in [5.41, 5.74) is -0.807. The van der Waals surface area contributed by atoms with E-state index >= 15 is 0 Å². The molecule has 0 bridgehead atoms. The summed E-state index contributed by atoms with van der Waals surface area (Å²) in [7, 11) is 0. The molecule has 0 N–H and O–H groups in total. The summed E-state index contributed by atoms with van der Waals surface area (Å²) < 4.78 is 14.0. The van der Waals surface area contributed by atoms with Crippen molar-refractivity contribution in [3.8, 4) is 6.07 Å². The molecular weight excluding hydrogens is 267 g/mol. The van der Waals surface area contributed by atoms with Crippen molar-refractivity contribution in [2.75, 3.05) is 11.4 Å². The number of para-hydroxylation sites is 1. The van der Waals surface area contributed by atoms with Crippen LogP contribution in [0.3, 0.4) is 0 Å². The Hall–Kier alpha value is -1.89. The Labute approximate surface area is 126 Å². The summed E-state index contributed by atoms with van der Waals surface area (Å²) in [6, 6.07) is 8.41. The van der Waals surface area contributed by atoms with Gasteiger partial charge in [0.05, 0.1) is 11.8 Å². The summed E-state index contributed by atoms with van der Waals surface area (Å²) in [5, 5.41) is 9.58. The van der Waals surface area contributed by atoms with E-state index < -0.39 is 11.2 Å². The molecule has 0 saturated heterocycles. The summed E-state index contributed by atoms with van der Waals surface area (Å²) in [6.07, 6.45) is 2.49. The second-order valence-electron chi connectivity index (χ2n) is 5.19. The molecule has 0 atom stereocenters. The van der Waals surface area contributed by atoms with Gasteiger partial charge in [0.1, 0.15) is 11.2 Å². The number of rotatable bonds is 7. The molecule has 0 aliphatic heterocycles. The third kappa shape index (κ3) is 3.60. The first kappa shape index (κ1) is 17.2. The minimum absolute atomic E-state index is 0.247. The zero-order valence-electron chi connectivity index (χ0n) is 13.0. The molecule has 114 valence electrons. The Morgan fingerprint density at radius 2 is 1.81 bits per heavy atom. The van der Waals surface area contributed by atoms with Crippen molar-refractivity contribution in [3.63, 3.8) is 0 Å². The van der Waals surface area contributed by atoms with Gasteiger partial charge in [0.2, 0.25) is 5.91 Å². The van der Waals surface area contributed by atoms with Gasteiger partial charge in [-0.3, -0.25) is 4.79 Å². The van der Waals surface area contributed by atoms with Gasteiger partial charge in [-0.1, -0.05) is 38.8 Å². The van der Waals surface area contributed by atoms with Gasteiger partial charge in [-0.2, -0.15) is 5.26 Å². The fraction of sp³-hybridized carbons (Fsp3) is 0.529. The summed E-state index contributed by atoms with van der Waals surface area (Å²) in [4.78, 5) is 14.3. The van der Waals surface area contributed by atoms with E-state index in [-0.39, 0.29) is 11.6 Å². The highest BCUT2D eigenvalue weighted by molar-refractivity contribution is 5.99. The molecular formula is C17H23FN2O. The van der Waals surface area contributed by atoms with Gasteiger partial charge in [0.25, 0.3) is 0 Å². The minimum Gasteiger partial charge on any atom is -0.309 e. The fourth-order valence-corrected chi connectivity index (χ4v) is 2.70. The summed E-state index contributed by atoms with van der Waals surface area (Å²) in [6.45, 7) is 6.05. The molecule has 1 amide bonds. The maximum Gasteiger partial charge on any atom is 0.247 e. The molecule has 0 saturated carbocycles. The van der Waals surface area contributed by atoms with Crippen LogP contribution >= 0.6 is 0 Å². The van der Waals surface area contributed by atoms with Crippen LogP contribution in [0.4, 0.5) is 10.1 Å². The first-order chi connectivity index (χ1) is 10.1. The van der Waals surface area contributed by atoms with Crippen LogP contribution in [0.15, 0.2) is 24.3 Å². The van der Waals surface area contributed by atoms with E-state index in [0.29, 0.717) is 19.4 Å². The second-order valence-corrected chi connectivity index (χ2v) is 5.19. The molecule has 1 aromatic carbocycles. The number of hydrogen-bond donors (Lipinski definition) is 0. The van der Waals surface area contributed by atoms with Crippen LogP contribution in [-0.4, -0.2) is 12.5 Å². The van der Waals surface area contributed by atoms with Crippen molar-refractivity contribution in [2.24, 2.45) is 5.41 Å². The lowest BCUT2D eigenvalue weighted by Gasteiger charge is -2.32. The Balaban J connectivity index is 3.23. The van der Waals surface area contributed by atoms with Crippen LogP contribution in [0.25, 0.3) is 0 Å². The molecule has 0 aromatic heterocycles. The van der Waals surface area contributed by atoms with E-state index in [0.717, 1.165) is 12.8 Å². The molecule has 1 aromatic rings. The van der Waals surface area contributed by atoms with Crippen molar-refractivity contribution >= 4 is 11.6 Å². The number of anilines is 1. The normalized spacial score (nSPS) is 11.0. The molecule has 1 rings (SSSR count). The Morgan fingerprint density at radius 1 is 1.24 bits per heavy atom. The standard InChI is InChI=1S/C17H23FN2O/c1-4-11-17(13-19,12-5-2)16(21)20(6-3)15-10-8-7-9-14(15)18/h7-10H,4-6,11-12H2,1-3H3. The van der Waals surface area contributed by atoms with Crippen molar-refractivity contribution < 1.29 is 9.18 Å². The van der Waals surface area contributed by atoms with Gasteiger partial charge in [-0.25, -0.2) is 4.39 Å². The minimum atomic E-state index is -1.05. The van der Waals surface area contributed by atoms with Crippen LogP contribution in [-0.2, 0) is 4.79 Å². The van der Waals surface area contributed by atoms with Gasteiger partial charge in [-0.05, 0) is 31.9 Å². The predicted octanol–water partition coefficient (Wildman–Crippen LogP) is 4.29. The quantitative estimate of drug-likeness (QED) is 0.752. The van der Waals surface area contributed by atoms with E-state index in [1.165, 1.54) is 11.0 Å². The molecule has 0 radical (unpaired) electrons. The maximum atomic E-state index is 14.0. The summed E-state index contributed by atoms with van der Waals surface area (Å²) in [5.74, 6) is -0.728. The molecule has 4 heteroatoms. The monoisotopic (exact) mass is 290 g/mol. The van der Waals surface area contributed by atoms with E-state index in [1.54, 1.807) is 25.1 Å². The number of nitriles is 1. The van der Waals surface area contributed by atoms with E-state index in [4.69, 9.17) is 0 Å². The zero-order valence-corrected chi connectivity index (χ0v) is 13.0. The van der Waals surface area contributed by atoms with Crippen LogP contribution in [0.5, 0.6) is 0 Å². The zero-order chi connectivity index (χ0) is 15.9. The number of nitrogens with zero attached hydrogens (tertiary/aromatic N) is 2. The molecule has 0 fully saturated rings.